The van der Waals surface area contributed by atoms with Crippen LogP contribution in [0.25, 0.3) is 5.69 Å². The number of hydrogen-bond donors (Lipinski definition) is 0. The molecule has 18 heavy (non-hydrogen) atoms. The third-order valence-corrected chi connectivity index (χ3v) is 2.75. The van der Waals surface area contributed by atoms with Gasteiger partial charge < -0.3 is 9.47 Å². The monoisotopic (exact) mass is 247 g/mol. The fourth-order valence-corrected chi connectivity index (χ4v) is 1.94. The first-order chi connectivity index (χ1) is 8.74. The molecule has 2 aromatic rings. The van der Waals surface area contributed by atoms with Crippen LogP contribution in [0.5, 0.6) is 0 Å². The molecule has 1 aliphatic rings. The molecule has 93 valence electrons. The average Bonchev–Trinajstić information content (AvgIpc) is 2.99. The van der Waals surface area contributed by atoms with Crippen LogP contribution in [0.4, 0.5) is 4.39 Å². The van der Waals surface area contributed by atoms with Gasteiger partial charge in [-0.2, -0.15) is 5.10 Å². The lowest BCUT2D eigenvalue weighted by Crippen LogP contribution is -2.07. The molecule has 1 aromatic heterocycles. The molecule has 1 radical (unpaired) electrons. The summed E-state index contributed by atoms with van der Waals surface area (Å²) in [4.78, 5) is 0. The highest BCUT2D eigenvalue weighted by Gasteiger charge is 2.23. The average molecular weight is 247 g/mol. The molecule has 0 N–H and O–H groups in total. The molecule has 2 heterocycles. The molecule has 0 atom stereocenters. The molecule has 4 nitrogen and oxygen atoms in total. The van der Waals surface area contributed by atoms with E-state index in [1.807, 2.05) is 6.92 Å². The zero-order valence-corrected chi connectivity index (χ0v) is 9.89. The smallest absolute Gasteiger partial charge is 0.186 e. The molecule has 0 spiro atoms. The minimum Gasteiger partial charge on any atom is -0.346 e. The Balaban J connectivity index is 2.07. The van der Waals surface area contributed by atoms with Crippen molar-refractivity contribution in [2.75, 3.05) is 13.2 Å². The Kier molecular flexibility index (Phi) is 2.85. The largest absolute Gasteiger partial charge is 0.346 e. The fraction of sp³-hybridized carbons (Fsp3) is 0.308. The van der Waals surface area contributed by atoms with E-state index in [2.05, 4.69) is 11.3 Å². The summed E-state index contributed by atoms with van der Waals surface area (Å²) in [5, 5.41) is 4.27. The third-order valence-electron chi connectivity index (χ3n) is 2.75. The van der Waals surface area contributed by atoms with Crippen molar-refractivity contribution in [3.05, 3.63) is 47.5 Å². The molecule has 3 rings (SSSR count). The molecular weight excluding hydrogens is 235 g/mol. The van der Waals surface area contributed by atoms with Crippen molar-refractivity contribution in [1.29, 1.82) is 0 Å². The first-order valence-corrected chi connectivity index (χ1v) is 5.71. The molecule has 1 aromatic carbocycles. The molecule has 1 aliphatic heterocycles. The predicted octanol–water partition coefficient (Wildman–Crippen LogP) is 2.17. The molecule has 0 aliphatic carbocycles. The van der Waals surface area contributed by atoms with Gasteiger partial charge in [0.15, 0.2) is 6.29 Å². The Morgan fingerprint density at radius 3 is 2.83 bits per heavy atom. The number of aryl methyl sites for hydroxylation is 1. The van der Waals surface area contributed by atoms with Gasteiger partial charge in [-0.25, -0.2) is 9.07 Å². The Morgan fingerprint density at radius 2 is 2.17 bits per heavy atom. The normalized spacial score (nSPS) is 16.3. The van der Waals surface area contributed by atoms with Gasteiger partial charge in [0.2, 0.25) is 0 Å². The van der Waals surface area contributed by atoms with E-state index in [4.69, 9.17) is 9.47 Å². The highest BCUT2D eigenvalue weighted by atomic mass is 19.1. The first kappa shape index (κ1) is 11.4. The van der Waals surface area contributed by atoms with Crippen molar-refractivity contribution < 1.29 is 13.9 Å². The van der Waals surface area contributed by atoms with Gasteiger partial charge in [-0.15, -0.1) is 0 Å². The van der Waals surface area contributed by atoms with E-state index in [-0.39, 0.29) is 5.82 Å². The Bertz CT molecular complexity index is 562. The fourth-order valence-electron chi connectivity index (χ4n) is 1.94. The van der Waals surface area contributed by atoms with E-state index >= 15 is 0 Å². The van der Waals surface area contributed by atoms with E-state index in [9.17, 15) is 4.39 Å². The summed E-state index contributed by atoms with van der Waals surface area (Å²) in [6, 6.07) is 6.22. The second-order valence-electron chi connectivity index (χ2n) is 4.10. The van der Waals surface area contributed by atoms with Crippen LogP contribution in [0, 0.1) is 18.9 Å². The summed E-state index contributed by atoms with van der Waals surface area (Å²) >= 11 is 0. The van der Waals surface area contributed by atoms with E-state index in [1.165, 1.54) is 12.1 Å². The summed E-state index contributed by atoms with van der Waals surface area (Å²) in [7, 11) is 0. The molecule has 0 bridgehead atoms. The van der Waals surface area contributed by atoms with Crippen LogP contribution >= 0.6 is 0 Å². The lowest BCUT2D eigenvalue weighted by Gasteiger charge is -2.14. The Morgan fingerprint density at radius 1 is 1.39 bits per heavy atom. The predicted molar refractivity (Wildman–Crippen MR) is 61.7 cm³/mol. The molecule has 0 amide bonds. The van der Waals surface area contributed by atoms with Gasteiger partial charge in [-0.1, -0.05) is 0 Å². The number of ether oxygens (including phenoxy) is 2. The van der Waals surface area contributed by atoms with Crippen molar-refractivity contribution in [3.8, 4) is 5.69 Å². The SMILES string of the molecule is Cc1c[c]n(-c2ccc(F)cc2C2OCCO2)n1. The van der Waals surface area contributed by atoms with E-state index in [0.29, 0.717) is 18.8 Å². The summed E-state index contributed by atoms with van der Waals surface area (Å²) in [6.07, 6.45) is 2.44. The number of aromatic nitrogens is 2. The van der Waals surface area contributed by atoms with Gasteiger partial charge in [0.05, 0.1) is 30.8 Å². The van der Waals surface area contributed by atoms with Gasteiger partial charge in [0.25, 0.3) is 0 Å². The van der Waals surface area contributed by atoms with Crippen LogP contribution < -0.4 is 0 Å². The van der Waals surface area contributed by atoms with E-state index in [1.54, 1.807) is 16.8 Å². The molecule has 1 saturated heterocycles. The summed E-state index contributed by atoms with van der Waals surface area (Å²) in [5.41, 5.74) is 2.20. The van der Waals surface area contributed by atoms with Crippen molar-refractivity contribution in [3.63, 3.8) is 0 Å². The maximum Gasteiger partial charge on any atom is 0.186 e. The quantitative estimate of drug-likeness (QED) is 0.816. The van der Waals surface area contributed by atoms with Crippen molar-refractivity contribution in [1.82, 2.24) is 9.78 Å². The van der Waals surface area contributed by atoms with Crippen molar-refractivity contribution in [2.24, 2.45) is 0 Å². The standard InChI is InChI=1S/C13H12FN2O2/c1-9-4-5-16(15-9)12-3-2-10(14)8-11(12)13-17-6-7-18-13/h2-4,8,13H,6-7H2,1H3. The van der Waals surface area contributed by atoms with Crippen LogP contribution in [-0.2, 0) is 9.47 Å². The Hall–Kier alpha value is -1.72. The van der Waals surface area contributed by atoms with Gasteiger partial charge in [-0.05, 0) is 31.2 Å². The second-order valence-corrected chi connectivity index (χ2v) is 4.10. The van der Waals surface area contributed by atoms with Crippen molar-refractivity contribution in [2.45, 2.75) is 13.2 Å². The molecule has 5 heteroatoms. The van der Waals surface area contributed by atoms with Gasteiger partial charge in [-0.3, -0.25) is 0 Å². The molecule has 0 unspecified atom stereocenters. The first-order valence-electron chi connectivity index (χ1n) is 5.71. The van der Waals surface area contributed by atoms with Crippen LogP contribution in [-0.4, -0.2) is 23.0 Å². The second kappa shape index (κ2) is 4.51. The van der Waals surface area contributed by atoms with Crippen LogP contribution in [0.2, 0.25) is 0 Å². The van der Waals surface area contributed by atoms with Crippen LogP contribution in [0.15, 0.2) is 24.3 Å². The summed E-state index contributed by atoms with van der Waals surface area (Å²) in [6.45, 7) is 2.91. The van der Waals surface area contributed by atoms with Gasteiger partial charge >= 0.3 is 0 Å². The summed E-state index contributed by atoms with van der Waals surface area (Å²) < 4.78 is 25.8. The van der Waals surface area contributed by atoms with Crippen LogP contribution in [0.3, 0.4) is 0 Å². The number of rotatable bonds is 2. The maximum atomic E-state index is 13.4. The van der Waals surface area contributed by atoms with Crippen LogP contribution in [0.1, 0.15) is 17.5 Å². The number of hydrogen-bond acceptors (Lipinski definition) is 3. The third kappa shape index (κ3) is 2.02. The summed E-state index contributed by atoms with van der Waals surface area (Å²) in [5.74, 6) is -0.322. The Labute approximate surface area is 104 Å². The molecular formula is C13H12FN2O2. The minimum absolute atomic E-state index is 0.322. The van der Waals surface area contributed by atoms with Gasteiger partial charge in [0.1, 0.15) is 5.82 Å². The lowest BCUT2D eigenvalue weighted by atomic mass is 10.1. The highest BCUT2D eigenvalue weighted by molar-refractivity contribution is 5.41. The highest BCUT2D eigenvalue weighted by Crippen LogP contribution is 2.29. The molecule has 1 fully saturated rings. The number of halogens is 1. The topological polar surface area (TPSA) is 36.3 Å². The maximum absolute atomic E-state index is 13.4. The van der Waals surface area contributed by atoms with Crippen molar-refractivity contribution >= 4 is 0 Å². The van der Waals surface area contributed by atoms with E-state index in [0.717, 1.165) is 11.4 Å². The zero-order chi connectivity index (χ0) is 12.5. The van der Waals surface area contributed by atoms with Gasteiger partial charge in [0, 0.05) is 5.56 Å². The number of nitrogens with zero attached hydrogens (tertiary/aromatic N) is 2. The lowest BCUT2D eigenvalue weighted by molar-refractivity contribution is -0.0443. The van der Waals surface area contributed by atoms with E-state index < -0.39 is 6.29 Å². The minimum atomic E-state index is -0.534. The molecule has 0 saturated carbocycles. The number of benzene rings is 1. The zero-order valence-electron chi connectivity index (χ0n) is 9.89.